The van der Waals surface area contributed by atoms with Crippen LogP contribution in [0.3, 0.4) is 0 Å². The molecular weight excluding hydrogens is 332 g/mol. The summed E-state index contributed by atoms with van der Waals surface area (Å²) < 4.78 is 2.04. The van der Waals surface area contributed by atoms with Crippen LogP contribution in [0.2, 0.25) is 0 Å². The van der Waals surface area contributed by atoms with Gasteiger partial charge in [-0.25, -0.2) is 15.0 Å². The highest BCUT2D eigenvalue weighted by Crippen LogP contribution is 2.42. The van der Waals surface area contributed by atoms with Gasteiger partial charge in [0.2, 0.25) is 0 Å². The lowest BCUT2D eigenvalue weighted by Gasteiger charge is -2.37. The van der Waals surface area contributed by atoms with Crippen molar-refractivity contribution in [3.05, 3.63) is 54.2 Å². The first kappa shape index (κ1) is 14.0. The summed E-state index contributed by atoms with van der Waals surface area (Å²) in [5, 5.41) is 22.5. The molecule has 0 amide bonds. The van der Waals surface area contributed by atoms with Crippen molar-refractivity contribution in [1.29, 1.82) is 0 Å². The number of imidazole rings is 1. The number of hydrogen-bond donors (Lipinski definition) is 1. The Kier molecular flexibility index (Phi) is 2.53. The van der Waals surface area contributed by atoms with E-state index < -0.39 is 5.60 Å². The second kappa shape index (κ2) is 4.70. The van der Waals surface area contributed by atoms with Gasteiger partial charge in [-0.05, 0) is 24.1 Å². The maximum absolute atomic E-state index is 10.3. The Hall–Kier alpha value is -3.20. The van der Waals surface area contributed by atoms with Gasteiger partial charge in [0.05, 0.1) is 29.4 Å². The summed E-state index contributed by atoms with van der Waals surface area (Å²) in [4.78, 5) is 10.7. The van der Waals surface area contributed by atoms with Crippen molar-refractivity contribution in [3.63, 3.8) is 0 Å². The molecule has 1 saturated carbocycles. The van der Waals surface area contributed by atoms with Crippen molar-refractivity contribution in [2.75, 3.05) is 10.1 Å². The molecule has 9 nitrogen and oxygen atoms in total. The van der Waals surface area contributed by atoms with Gasteiger partial charge in [-0.2, -0.15) is 5.12 Å². The molecule has 6 rings (SSSR count). The SMILES string of the molecule is OC1(Cc2cnnn2N2C=NC3c4ccccc4-n4cncc4N32)CC1. The molecule has 0 bridgehead atoms. The van der Waals surface area contributed by atoms with Crippen molar-refractivity contribution in [1.82, 2.24) is 24.7 Å². The Morgan fingerprint density at radius 2 is 2.08 bits per heavy atom. The summed E-state index contributed by atoms with van der Waals surface area (Å²) in [5.74, 6) is 0.901. The topological polar surface area (TPSA) is 87.6 Å². The number of hydrogen-bond acceptors (Lipinski definition) is 7. The van der Waals surface area contributed by atoms with E-state index >= 15 is 0 Å². The Labute approximate surface area is 148 Å². The fourth-order valence-electron chi connectivity index (χ4n) is 3.70. The molecular formula is C17H16N8O. The van der Waals surface area contributed by atoms with E-state index in [-0.39, 0.29) is 6.17 Å². The number of aromatic nitrogens is 5. The van der Waals surface area contributed by atoms with Crippen LogP contribution in [0.15, 0.2) is 48.0 Å². The lowest BCUT2D eigenvalue weighted by atomic mass is 10.1. The van der Waals surface area contributed by atoms with Crippen LogP contribution < -0.4 is 10.1 Å². The summed E-state index contributed by atoms with van der Waals surface area (Å²) in [6, 6.07) is 8.17. The van der Waals surface area contributed by atoms with E-state index in [9.17, 15) is 5.11 Å². The molecule has 26 heavy (non-hydrogen) atoms. The number of hydrazine groups is 1. The third kappa shape index (κ3) is 1.83. The second-order valence-electron chi connectivity index (χ2n) is 7.00. The van der Waals surface area contributed by atoms with Gasteiger partial charge in [-0.3, -0.25) is 4.57 Å². The molecule has 1 aromatic carbocycles. The van der Waals surface area contributed by atoms with Crippen LogP contribution in [0, 0.1) is 0 Å². The number of nitrogens with zero attached hydrogens (tertiary/aromatic N) is 8. The molecule has 1 N–H and O–H groups in total. The second-order valence-corrected chi connectivity index (χ2v) is 7.00. The number of benzene rings is 1. The highest BCUT2D eigenvalue weighted by molar-refractivity contribution is 5.78. The maximum Gasteiger partial charge on any atom is 0.173 e. The van der Waals surface area contributed by atoms with Gasteiger partial charge in [0.15, 0.2) is 12.0 Å². The van der Waals surface area contributed by atoms with Crippen LogP contribution in [0.5, 0.6) is 0 Å². The van der Waals surface area contributed by atoms with Crippen LogP contribution in [0.4, 0.5) is 5.82 Å². The molecule has 9 heteroatoms. The zero-order valence-corrected chi connectivity index (χ0v) is 13.8. The van der Waals surface area contributed by atoms with Crippen LogP contribution in [-0.4, -0.2) is 41.7 Å². The summed E-state index contributed by atoms with van der Waals surface area (Å²) >= 11 is 0. The first-order valence-electron chi connectivity index (χ1n) is 8.59. The lowest BCUT2D eigenvalue weighted by molar-refractivity contribution is 0.148. The molecule has 1 fully saturated rings. The van der Waals surface area contributed by atoms with E-state index in [2.05, 4.69) is 27.4 Å². The Morgan fingerprint density at radius 3 is 2.96 bits per heavy atom. The van der Waals surface area contributed by atoms with E-state index in [4.69, 9.17) is 4.99 Å². The maximum atomic E-state index is 10.3. The van der Waals surface area contributed by atoms with Crippen LogP contribution in [0.1, 0.15) is 30.3 Å². The minimum atomic E-state index is -0.619. The zero-order valence-electron chi connectivity index (χ0n) is 13.8. The molecule has 2 aromatic heterocycles. The number of aliphatic imine (C=N–C) groups is 1. The normalized spacial score (nSPS) is 21.5. The highest BCUT2D eigenvalue weighted by Gasteiger charge is 2.43. The summed E-state index contributed by atoms with van der Waals surface area (Å²) in [7, 11) is 0. The average molecular weight is 348 g/mol. The minimum Gasteiger partial charge on any atom is -0.389 e. The largest absolute Gasteiger partial charge is 0.389 e. The highest BCUT2D eigenvalue weighted by atomic mass is 16.3. The van der Waals surface area contributed by atoms with E-state index in [1.165, 1.54) is 0 Å². The van der Waals surface area contributed by atoms with E-state index in [0.29, 0.717) is 6.42 Å². The van der Waals surface area contributed by atoms with Gasteiger partial charge in [-0.15, -0.1) is 9.89 Å². The first-order chi connectivity index (χ1) is 12.7. The van der Waals surface area contributed by atoms with Gasteiger partial charge in [0, 0.05) is 12.0 Å². The van der Waals surface area contributed by atoms with Crippen molar-refractivity contribution in [2.24, 2.45) is 4.99 Å². The van der Waals surface area contributed by atoms with Gasteiger partial charge < -0.3 is 5.11 Å². The molecule has 130 valence electrons. The van der Waals surface area contributed by atoms with Crippen LogP contribution >= 0.6 is 0 Å². The number of aliphatic hydroxyl groups is 1. The van der Waals surface area contributed by atoms with Crippen LogP contribution in [-0.2, 0) is 6.42 Å². The molecule has 4 heterocycles. The van der Waals surface area contributed by atoms with Crippen molar-refractivity contribution >= 4 is 12.2 Å². The summed E-state index contributed by atoms with van der Waals surface area (Å²) in [6.07, 6.45) is 9.05. The van der Waals surface area contributed by atoms with Crippen LogP contribution in [0.25, 0.3) is 5.69 Å². The summed E-state index contributed by atoms with van der Waals surface area (Å²) in [6.45, 7) is 0. The molecule has 3 aromatic rings. The molecule has 1 unspecified atom stereocenters. The number of anilines is 1. The van der Waals surface area contributed by atoms with Gasteiger partial charge in [0.1, 0.15) is 12.7 Å². The summed E-state index contributed by atoms with van der Waals surface area (Å²) in [5.41, 5.74) is 2.40. The zero-order chi connectivity index (χ0) is 17.3. The monoisotopic (exact) mass is 348 g/mol. The number of para-hydroxylation sites is 1. The Balaban J connectivity index is 1.46. The predicted octanol–water partition coefficient (Wildman–Crippen LogP) is 0.945. The Bertz CT molecular complexity index is 1030. The molecule has 1 aliphatic carbocycles. The van der Waals surface area contributed by atoms with E-state index in [1.807, 2.05) is 33.0 Å². The standard InChI is InChI=1S/C17H16N8O/c26-17(5-6-17)7-12-8-20-21-25(12)23-11-19-16-13-3-1-2-4-14(13)22-10-18-9-15(22)24(16)23/h1-4,8-11,16,26H,5-7H2. The Morgan fingerprint density at radius 1 is 1.19 bits per heavy atom. The van der Waals surface area contributed by atoms with Crippen molar-refractivity contribution in [2.45, 2.75) is 31.0 Å². The average Bonchev–Trinajstić information content (AvgIpc) is 3.10. The molecule has 2 aliphatic heterocycles. The fourth-order valence-corrected chi connectivity index (χ4v) is 3.70. The van der Waals surface area contributed by atoms with Crippen molar-refractivity contribution < 1.29 is 5.11 Å². The third-order valence-corrected chi connectivity index (χ3v) is 5.22. The van der Waals surface area contributed by atoms with Crippen molar-refractivity contribution in [3.8, 4) is 5.69 Å². The van der Waals surface area contributed by atoms with Gasteiger partial charge in [0.25, 0.3) is 0 Å². The molecule has 1 atom stereocenters. The predicted molar refractivity (Wildman–Crippen MR) is 93.4 cm³/mol. The quantitative estimate of drug-likeness (QED) is 0.758. The first-order valence-corrected chi connectivity index (χ1v) is 8.59. The number of rotatable bonds is 3. The molecule has 0 radical (unpaired) electrons. The third-order valence-electron chi connectivity index (χ3n) is 5.22. The fraction of sp³-hybridized carbons (Fsp3) is 0.294. The minimum absolute atomic E-state index is 0.184. The van der Waals surface area contributed by atoms with Gasteiger partial charge >= 0.3 is 0 Å². The number of fused-ring (bicyclic) bond motifs is 6. The molecule has 0 spiro atoms. The molecule has 0 saturated heterocycles. The van der Waals surface area contributed by atoms with Gasteiger partial charge in [-0.1, -0.05) is 18.2 Å². The van der Waals surface area contributed by atoms with E-state index in [1.54, 1.807) is 23.7 Å². The molecule has 3 aliphatic rings. The lowest BCUT2D eigenvalue weighted by Crippen LogP contribution is -2.50. The van der Waals surface area contributed by atoms with E-state index in [0.717, 1.165) is 35.6 Å². The smallest absolute Gasteiger partial charge is 0.173 e.